The third-order valence-electron chi connectivity index (χ3n) is 1.02. The van der Waals surface area contributed by atoms with Gasteiger partial charge in [-0.15, -0.1) is 11.3 Å². The molecule has 1 aromatic rings. The number of hydrogen-bond acceptors (Lipinski definition) is 3. The summed E-state index contributed by atoms with van der Waals surface area (Å²) in [6.45, 7) is 0. The smallest absolute Gasteiger partial charge is 0.378 e. The van der Waals surface area contributed by atoms with Crippen molar-refractivity contribution in [1.29, 1.82) is 0 Å². The Hall–Kier alpha value is -0.430. The van der Waals surface area contributed by atoms with Crippen LogP contribution >= 0.6 is 33.9 Å². The van der Waals surface area contributed by atoms with Crippen molar-refractivity contribution in [3.05, 3.63) is 19.9 Å². The zero-order valence-electron chi connectivity index (χ0n) is 5.20. The molecule has 1 N–H and O–H groups in total. The molecule has 5 heteroatoms. The molecule has 0 unspecified atom stereocenters. The second kappa shape index (κ2) is 3.31. The van der Waals surface area contributed by atoms with E-state index in [0.717, 1.165) is 11.3 Å². The SMILES string of the molecule is O=C(O)C(=O)c1sccc1I. The van der Waals surface area contributed by atoms with E-state index in [1.54, 1.807) is 11.4 Å². The van der Waals surface area contributed by atoms with E-state index in [4.69, 9.17) is 5.11 Å². The van der Waals surface area contributed by atoms with Crippen LogP contribution in [-0.2, 0) is 4.79 Å². The zero-order chi connectivity index (χ0) is 8.43. The Morgan fingerprint density at radius 2 is 2.18 bits per heavy atom. The quantitative estimate of drug-likeness (QED) is 0.509. The number of ketones is 1. The molecule has 0 saturated heterocycles. The van der Waals surface area contributed by atoms with Crippen LogP contribution in [0.15, 0.2) is 11.4 Å². The standard InChI is InChI=1S/C6H3IO3S/c7-3-1-2-11-5(3)4(8)6(9)10/h1-2H,(H,9,10). The van der Waals surface area contributed by atoms with E-state index in [2.05, 4.69) is 0 Å². The minimum atomic E-state index is -1.40. The van der Waals surface area contributed by atoms with Gasteiger partial charge in [0.2, 0.25) is 0 Å². The van der Waals surface area contributed by atoms with Crippen LogP contribution in [0.3, 0.4) is 0 Å². The summed E-state index contributed by atoms with van der Waals surface area (Å²) >= 11 is 3.08. The molecule has 0 fully saturated rings. The number of hydrogen-bond donors (Lipinski definition) is 1. The van der Waals surface area contributed by atoms with Crippen LogP contribution in [0, 0.1) is 3.57 Å². The molecule has 0 aromatic carbocycles. The number of thiophene rings is 1. The molecule has 0 bridgehead atoms. The van der Waals surface area contributed by atoms with E-state index in [1.807, 2.05) is 22.6 Å². The fourth-order valence-corrected chi connectivity index (χ4v) is 2.32. The molecule has 1 rings (SSSR count). The molecular weight excluding hydrogens is 279 g/mol. The van der Waals surface area contributed by atoms with Gasteiger partial charge in [-0.25, -0.2) is 4.79 Å². The van der Waals surface area contributed by atoms with E-state index in [-0.39, 0.29) is 0 Å². The minimum Gasteiger partial charge on any atom is -0.475 e. The molecule has 0 aliphatic carbocycles. The minimum absolute atomic E-state index is 0.304. The molecule has 0 aliphatic heterocycles. The van der Waals surface area contributed by atoms with Crippen LogP contribution in [0.5, 0.6) is 0 Å². The molecule has 0 aliphatic rings. The fourth-order valence-electron chi connectivity index (χ4n) is 0.553. The summed E-state index contributed by atoms with van der Waals surface area (Å²) in [5.74, 6) is -2.23. The molecule has 1 heterocycles. The number of Topliss-reactive ketones (excluding diaryl/α,β-unsaturated/α-hetero) is 1. The third kappa shape index (κ3) is 1.78. The van der Waals surface area contributed by atoms with Crippen LogP contribution in [0.1, 0.15) is 9.67 Å². The number of carbonyl (C=O) groups excluding carboxylic acids is 1. The number of carboxylic acid groups (broad SMARTS) is 1. The maximum Gasteiger partial charge on any atom is 0.378 e. The van der Waals surface area contributed by atoms with Gasteiger partial charge in [-0.2, -0.15) is 0 Å². The Balaban J connectivity index is 3.02. The number of halogens is 1. The molecule has 1 aromatic heterocycles. The second-order valence-corrected chi connectivity index (χ2v) is 3.81. The predicted molar refractivity (Wildman–Crippen MR) is 49.0 cm³/mol. The Morgan fingerprint density at radius 1 is 1.55 bits per heavy atom. The van der Waals surface area contributed by atoms with Crippen molar-refractivity contribution in [3.63, 3.8) is 0 Å². The van der Waals surface area contributed by atoms with Gasteiger partial charge in [-0.05, 0) is 34.0 Å². The number of carbonyl (C=O) groups is 2. The number of carboxylic acids is 1. The maximum absolute atomic E-state index is 10.8. The van der Waals surface area contributed by atoms with Crippen molar-refractivity contribution in [1.82, 2.24) is 0 Å². The molecule has 0 saturated carbocycles. The van der Waals surface area contributed by atoms with Crippen molar-refractivity contribution in [2.24, 2.45) is 0 Å². The van der Waals surface area contributed by atoms with Crippen LogP contribution in [0.25, 0.3) is 0 Å². The van der Waals surface area contributed by atoms with Crippen LogP contribution in [-0.4, -0.2) is 16.9 Å². The van der Waals surface area contributed by atoms with E-state index in [1.165, 1.54) is 0 Å². The summed E-state index contributed by atoms with van der Waals surface area (Å²) in [5.41, 5.74) is 0. The van der Waals surface area contributed by atoms with Crippen LogP contribution < -0.4 is 0 Å². The van der Waals surface area contributed by atoms with Gasteiger partial charge >= 0.3 is 5.97 Å². The van der Waals surface area contributed by atoms with E-state index in [0.29, 0.717) is 8.45 Å². The molecule has 0 atom stereocenters. The van der Waals surface area contributed by atoms with Gasteiger partial charge in [0.05, 0.1) is 4.88 Å². The lowest BCUT2D eigenvalue weighted by atomic mass is 10.3. The fraction of sp³-hybridized carbons (Fsp3) is 0. The average Bonchev–Trinajstić information content (AvgIpc) is 2.33. The van der Waals surface area contributed by atoms with E-state index in [9.17, 15) is 9.59 Å². The van der Waals surface area contributed by atoms with E-state index < -0.39 is 11.8 Å². The Morgan fingerprint density at radius 3 is 2.55 bits per heavy atom. The topological polar surface area (TPSA) is 54.4 Å². The van der Waals surface area contributed by atoms with Crippen molar-refractivity contribution >= 4 is 45.7 Å². The van der Waals surface area contributed by atoms with Gasteiger partial charge in [-0.1, -0.05) is 0 Å². The first-order valence-electron chi connectivity index (χ1n) is 2.63. The maximum atomic E-state index is 10.8. The van der Waals surface area contributed by atoms with Gasteiger partial charge in [0.25, 0.3) is 5.78 Å². The molecule has 0 amide bonds. The highest BCUT2D eigenvalue weighted by molar-refractivity contribution is 14.1. The van der Waals surface area contributed by atoms with E-state index >= 15 is 0 Å². The molecule has 0 spiro atoms. The molecule has 58 valence electrons. The first kappa shape index (κ1) is 8.66. The number of rotatable bonds is 2. The molecule has 3 nitrogen and oxygen atoms in total. The summed E-state index contributed by atoms with van der Waals surface area (Å²) in [6, 6.07) is 1.71. The summed E-state index contributed by atoms with van der Waals surface area (Å²) < 4.78 is 0.694. The summed E-state index contributed by atoms with van der Waals surface area (Å²) in [4.78, 5) is 21.3. The van der Waals surface area contributed by atoms with Gasteiger partial charge in [-0.3, -0.25) is 4.79 Å². The van der Waals surface area contributed by atoms with Gasteiger partial charge in [0, 0.05) is 3.57 Å². The van der Waals surface area contributed by atoms with Crippen LogP contribution in [0.2, 0.25) is 0 Å². The Kier molecular flexibility index (Phi) is 2.61. The third-order valence-corrected chi connectivity index (χ3v) is 3.20. The van der Waals surface area contributed by atoms with Crippen molar-refractivity contribution in [2.45, 2.75) is 0 Å². The lowest BCUT2D eigenvalue weighted by Gasteiger charge is -1.89. The average molecular weight is 282 g/mol. The van der Waals surface area contributed by atoms with Crippen molar-refractivity contribution < 1.29 is 14.7 Å². The molecule has 0 radical (unpaired) electrons. The van der Waals surface area contributed by atoms with Gasteiger partial charge in [0.15, 0.2) is 0 Å². The molecule has 11 heavy (non-hydrogen) atoms. The highest BCUT2D eigenvalue weighted by atomic mass is 127. The lowest BCUT2D eigenvalue weighted by molar-refractivity contribution is -0.131. The Bertz CT molecular complexity index is 305. The van der Waals surface area contributed by atoms with Crippen LogP contribution in [0.4, 0.5) is 0 Å². The summed E-state index contributed by atoms with van der Waals surface area (Å²) in [7, 11) is 0. The lowest BCUT2D eigenvalue weighted by Crippen LogP contribution is -2.11. The highest BCUT2D eigenvalue weighted by Crippen LogP contribution is 2.18. The second-order valence-electron chi connectivity index (χ2n) is 1.73. The van der Waals surface area contributed by atoms with Crippen molar-refractivity contribution in [3.8, 4) is 0 Å². The normalized spacial score (nSPS) is 9.55. The summed E-state index contributed by atoms with van der Waals surface area (Å²) in [5, 5.41) is 10.0. The number of aliphatic carboxylic acids is 1. The first-order chi connectivity index (χ1) is 5.13. The van der Waals surface area contributed by atoms with Gasteiger partial charge in [0.1, 0.15) is 0 Å². The summed E-state index contributed by atoms with van der Waals surface area (Å²) in [6.07, 6.45) is 0. The monoisotopic (exact) mass is 282 g/mol. The Labute approximate surface area is 80.2 Å². The zero-order valence-corrected chi connectivity index (χ0v) is 8.18. The largest absolute Gasteiger partial charge is 0.475 e. The first-order valence-corrected chi connectivity index (χ1v) is 4.59. The van der Waals surface area contributed by atoms with Crippen molar-refractivity contribution in [2.75, 3.05) is 0 Å². The van der Waals surface area contributed by atoms with Gasteiger partial charge < -0.3 is 5.11 Å². The predicted octanol–water partition coefficient (Wildman–Crippen LogP) is 1.62. The molecular formula is C6H3IO3S. The highest BCUT2D eigenvalue weighted by Gasteiger charge is 2.18.